The van der Waals surface area contributed by atoms with Crippen LogP contribution in [-0.2, 0) is 0 Å². The van der Waals surface area contributed by atoms with Crippen LogP contribution < -0.4 is 10.6 Å². The van der Waals surface area contributed by atoms with E-state index in [1.54, 1.807) is 6.07 Å². The summed E-state index contributed by atoms with van der Waals surface area (Å²) in [7, 11) is 0. The minimum absolute atomic E-state index is 0.0521. The van der Waals surface area contributed by atoms with Gasteiger partial charge in [-0.3, -0.25) is 0 Å². The van der Waals surface area contributed by atoms with Crippen molar-refractivity contribution in [3.05, 3.63) is 22.6 Å². The summed E-state index contributed by atoms with van der Waals surface area (Å²) in [5, 5.41) is 19.7. The van der Waals surface area contributed by atoms with Gasteiger partial charge in [0.15, 0.2) is 5.65 Å². The zero-order valence-corrected chi connectivity index (χ0v) is 11.2. The minimum Gasteiger partial charge on any atom is -0.395 e. The Balaban J connectivity index is 2.42. The molecule has 0 aliphatic heterocycles. The van der Waals surface area contributed by atoms with Crippen LogP contribution >= 0.6 is 0 Å². The third-order valence-electron chi connectivity index (χ3n) is 3.28. The first-order chi connectivity index (χ1) is 9.21. The van der Waals surface area contributed by atoms with E-state index >= 15 is 0 Å². The molecule has 0 atom stereocenters. The van der Waals surface area contributed by atoms with Gasteiger partial charge in [-0.15, -0.1) is 5.10 Å². The van der Waals surface area contributed by atoms with Crippen molar-refractivity contribution < 1.29 is 5.11 Å². The molecule has 104 valence electrons. The molecule has 0 radical (unpaired) electrons. The van der Waals surface area contributed by atoms with E-state index in [0.717, 1.165) is 12.8 Å². The third kappa shape index (κ3) is 2.60. The van der Waals surface area contributed by atoms with Gasteiger partial charge in [-0.2, -0.15) is 9.61 Å². The highest BCUT2D eigenvalue weighted by molar-refractivity contribution is 5.45. The molecule has 0 aliphatic rings. The lowest BCUT2D eigenvalue weighted by atomic mass is 10.1. The summed E-state index contributed by atoms with van der Waals surface area (Å²) in [6.45, 7) is 4.75. The van der Waals surface area contributed by atoms with Gasteiger partial charge in [0.05, 0.1) is 6.61 Å². The Labute approximate surface area is 110 Å². The topological polar surface area (TPSA) is 86.5 Å². The van der Waals surface area contributed by atoms with Crippen molar-refractivity contribution in [3.8, 4) is 0 Å². The molecule has 0 fully saturated rings. The summed E-state index contributed by atoms with van der Waals surface area (Å²) < 4.78 is 1.24. The molecule has 0 aliphatic carbocycles. The molecule has 2 heterocycles. The highest BCUT2D eigenvalue weighted by atomic mass is 16.3. The standard InChI is InChI=1S/C12H19N5O2/c1-3-9(4-2)16(7-8-18)11-6-5-10-13-14-12(19)17(10)15-11/h5-6,9,18H,3-4,7-8H2,1-2H3,(H,14,19). The Bertz CT molecular complexity index is 587. The second kappa shape index (κ2) is 5.83. The molecular formula is C12H19N5O2. The van der Waals surface area contributed by atoms with Crippen LogP contribution in [0, 0.1) is 0 Å². The van der Waals surface area contributed by atoms with E-state index in [-0.39, 0.29) is 12.3 Å². The first kappa shape index (κ1) is 13.5. The molecule has 0 amide bonds. The number of aromatic amines is 1. The maximum absolute atomic E-state index is 11.5. The Morgan fingerprint density at radius 3 is 2.79 bits per heavy atom. The summed E-state index contributed by atoms with van der Waals surface area (Å²) >= 11 is 0. The van der Waals surface area contributed by atoms with Gasteiger partial charge in [0.2, 0.25) is 0 Å². The lowest BCUT2D eigenvalue weighted by Crippen LogP contribution is -2.38. The monoisotopic (exact) mass is 265 g/mol. The van der Waals surface area contributed by atoms with Crippen molar-refractivity contribution in [1.82, 2.24) is 19.8 Å². The summed E-state index contributed by atoms with van der Waals surface area (Å²) in [6, 6.07) is 3.86. The summed E-state index contributed by atoms with van der Waals surface area (Å²) in [6.07, 6.45) is 1.91. The number of aliphatic hydroxyl groups is 1. The van der Waals surface area contributed by atoms with E-state index in [9.17, 15) is 9.90 Å². The molecular weight excluding hydrogens is 246 g/mol. The minimum atomic E-state index is -0.356. The van der Waals surface area contributed by atoms with Gasteiger partial charge < -0.3 is 10.0 Å². The smallest absolute Gasteiger partial charge is 0.364 e. The largest absolute Gasteiger partial charge is 0.395 e. The van der Waals surface area contributed by atoms with Gasteiger partial charge in [0.25, 0.3) is 0 Å². The van der Waals surface area contributed by atoms with Crippen LogP contribution in [0.15, 0.2) is 16.9 Å². The number of fused-ring (bicyclic) bond motifs is 1. The van der Waals surface area contributed by atoms with Gasteiger partial charge in [-0.25, -0.2) is 9.89 Å². The highest BCUT2D eigenvalue weighted by Gasteiger charge is 2.17. The van der Waals surface area contributed by atoms with Crippen LogP contribution in [0.25, 0.3) is 5.65 Å². The van der Waals surface area contributed by atoms with Gasteiger partial charge >= 0.3 is 5.69 Å². The first-order valence-corrected chi connectivity index (χ1v) is 6.53. The predicted octanol–water partition coefficient (Wildman–Crippen LogP) is 0.405. The summed E-state index contributed by atoms with van der Waals surface area (Å²) in [4.78, 5) is 13.6. The fourth-order valence-electron chi connectivity index (χ4n) is 2.27. The number of nitrogens with zero attached hydrogens (tertiary/aromatic N) is 4. The average molecular weight is 265 g/mol. The maximum Gasteiger partial charge on any atom is 0.364 e. The molecule has 0 aromatic carbocycles. The molecule has 7 nitrogen and oxygen atoms in total. The van der Waals surface area contributed by atoms with Crippen LogP contribution in [0.2, 0.25) is 0 Å². The summed E-state index contributed by atoms with van der Waals surface area (Å²) in [5.41, 5.74) is 0.132. The van der Waals surface area contributed by atoms with Gasteiger partial charge in [-0.05, 0) is 25.0 Å². The molecule has 2 N–H and O–H groups in total. The van der Waals surface area contributed by atoms with E-state index in [4.69, 9.17) is 0 Å². The molecule has 0 bridgehead atoms. The average Bonchev–Trinajstić information content (AvgIpc) is 2.80. The zero-order valence-electron chi connectivity index (χ0n) is 11.2. The molecule has 7 heteroatoms. The molecule has 0 spiro atoms. The second-order valence-corrected chi connectivity index (χ2v) is 4.38. The number of aromatic nitrogens is 4. The Hall–Kier alpha value is -1.89. The van der Waals surface area contributed by atoms with Crippen molar-refractivity contribution in [1.29, 1.82) is 0 Å². The van der Waals surface area contributed by atoms with Crippen molar-refractivity contribution in [2.24, 2.45) is 0 Å². The molecule has 0 saturated carbocycles. The molecule has 2 aromatic heterocycles. The van der Waals surface area contributed by atoms with Crippen LogP contribution in [0.3, 0.4) is 0 Å². The van der Waals surface area contributed by atoms with E-state index < -0.39 is 0 Å². The number of hydrogen-bond donors (Lipinski definition) is 2. The summed E-state index contributed by atoms with van der Waals surface area (Å²) in [5.74, 6) is 0.679. The molecule has 0 saturated heterocycles. The number of rotatable bonds is 6. The highest BCUT2D eigenvalue weighted by Crippen LogP contribution is 2.17. The van der Waals surface area contributed by atoms with E-state index in [1.807, 2.05) is 11.0 Å². The van der Waals surface area contributed by atoms with Gasteiger partial charge in [0, 0.05) is 12.6 Å². The molecule has 2 rings (SSSR count). The van der Waals surface area contributed by atoms with E-state index in [0.29, 0.717) is 24.1 Å². The Morgan fingerprint density at radius 1 is 1.42 bits per heavy atom. The lowest BCUT2D eigenvalue weighted by Gasteiger charge is -2.30. The number of anilines is 1. The normalized spacial score (nSPS) is 11.4. The Kier molecular flexibility index (Phi) is 4.16. The Morgan fingerprint density at radius 2 is 2.16 bits per heavy atom. The number of hydrogen-bond acceptors (Lipinski definition) is 5. The second-order valence-electron chi connectivity index (χ2n) is 4.38. The predicted molar refractivity (Wildman–Crippen MR) is 72.4 cm³/mol. The first-order valence-electron chi connectivity index (χ1n) is 6.53. The van der Waals surface area contributed by atoms with Crippen molar-refractivity contribution in [3.63, 3.8) is 0 Å². The quantitative estimate of drug-likeness (QED) is 0.789. The molecule has 19 heavy (non-hydrogen) atoms. The number of nitrogens with one attached hydrogen (secondary N) is 1. The van der Waals surface area contributed by atoms with Gasteiger partial charge in [0.1, 0.15) is 5.82 Å². The maximum atomic E-state index is 11.5. The molecule has 0 unspecified atom stereocenters. The number of H-pyrrole nitrogens is 1. The third-order valence-corrected chi connectivity index (χ3v) is 3.28. The van der Waals surface area contributed by atoms with Crippen LogP contribution in [0.1, 0.15) is 26.7 Å². The molecule has 2 aromatic rings. The SMILES string of the molecule is CCC(CC)N(CCO)c1ccc2n[nH]c(=O)n2n1. The number of aliphatic hydroxyl groups excluding tert-OH is 1. The van der Waals surface area contributed by atoms with Crippen LogP contribution in [0.5, 0.6) is 0 Å². The van der Waals surface area contributed by atoms with Crippen molar-refractivity contribution >= 4 is 11.5 Å². The van der Waals surface area contributed by atoms with Crippen molar-refractivity contribution in [2.45, 2.75) is 32.7 Å². The van der Waals surface area contributed by atoms with Gasteiger partial charge in [-0.1, -0.05) is 13.8 Å². The zero-order chi connectivity index (χ0) is 13.8. The fourth-order valence-corrected chi connectivity index (χ4v) is 2.27. The fraction of sp³-hybridized carbons (Fsp3) is 0.583. The van der Waals surface area contributed by atoms with Crippen LogP contribution in [-0.4, -0.2) is 44.1 Å². The van der Waals surface area contributed by atoms with E-state index in [1.165, 1.54) is 4.52 Å². The van der Waals surface area contributed by atoms with Crippen molar-refractivity contribution in [2.75, 3.05) is 18.1 Å². The lowest BCUT2D eigenvalue weighted by molar-refractivity contribution is 0.295. The van der Waals surface area contributed by atoms with Crippen LogP contribution in [0.4, 0.5) is 5.82 Å². The van der Waals surface area contributed by atoms with E-state index in [2.05, 4.69) is 29.1 Å².